The molecule has 0 bridgehead atoms. The number of benzene rings is 1. The normalized spacial score (nSPS) is 12.8. The van der Waals surface area contributed by atoms with E-state index in [2.05, 4.69) is 13.2 Å². The molecule has 0 radical (unpaired) electrons. The Hall–Kier alpha value is -3.28. The van der Waals surface area contributed by atoms with Crippen LogP contribution in [0.5, 0.6) is 0 Å². The monoisotopic (exact) mass is 582 g/mol. The number of hydrogen-bond donors (Lipinski definition) is 4. The predicted molar refractivity (Wildman–Crippen MR) is 103 cm³/mol. The number of aliphatic carboxylic acids is 2. The molecule has 0 saturated carbocycles. The summed E-state index contributed by atoms with van der Waals surface area (Å²) >= 11 is 0. The zero-order valence-corrected chi connectivity index (χ0v) is 18.9. The molecular formula is C20H18F12O6. The van der Waals surface area contributed by atoms with E-state index in [9.17, 15) is 62.3 Å². The Bertz CT molecular complexity index is 890. The zero-order valence-electron chi connectivity index (χ0n) is 18.9. The van der Waals surface area contributed by atoms with Crippen molar-refractivity contribution < 1.29 is 82.7 Å². The second kappa shape index (κ2) is 12.1. The van der Waals surface area contributed by atoms with Gasteiger partial charge in [-0.15, -0.1) is 0 Å². The van der Waals surface area contributed by atoms with Crippen molar-refractivity contribution in [1.82, 2.24) is 0 Å². The van der Waals surface area contributed by atoms with Crippen molar-refractivity contribution in [1.29, 1.82) is 0 Å². The minimum absolute atomic E-state index is 0.0322. The van der Waals surface area contributed by atoms with Crippen LogP contribution in [0.3, 0.4) is 0 Å². The van der Waals surface area contributed by atoms with Crippen LogP contribution in [0.15, 0.2) is 48.6 Å². The van der Waals surface area contributed by atoms with Gasteiger partial charge in [-0.2, -0.15) is 52.7 Å². The maximum absolute atomic E-state index is 12.7. The van der Waals surface area contributed by atoms with E-state index in [-0.39, 0.29) is 29.3 Å². The molecule has 0 amide bonds. The summed E-state index contributed by atoms with van der Waals surface area (Å²) in [6.45, 7) is 9.20. The van der Waals surface area contributed by atoms with E-state index >= 15 is 0 Å². The van der Waals surface area contributed by atoms with Crippen molar-refractivity contribution in [2.75, 3.05) is 0 Å². The molecule has 0 fully saturated rings. The maximum Gasteiger partial charge on any atom is 0.430 e. The highest BCUT2D eigenvalue weighted by Crippen LogP contribution is 2.53. The van der Waals surface area contributed by atoms with Crippen LogP contribution in [0, 0.1) is 0 Å². The second-order valence-corrected chi connectivity index (χ2v) is 7.16. The van der Waals surface area contributed by atoms with Crippen LogP contribution in [0.4, 0.5) is 52.7 Å². The molecular weight excluding hydrogens is 564 g/mol. The highest BCUT2D eigenvalue weighted by Gasteiger charge is 2.74. The third-order valence-corrected chi connectivity index (χ3v) is 4.07. The first kappa shape index (κ1) is 36.9. The van der Waals surface area contributed by atoms with Crippen LogP contribution in [-0.2, 0) is 20.8 Å². The Labute approximate surface area is 205 Å². The van der Waals surface area contributed by atoms with E-state index in [0.717, 1.165) is 0 Å². The number of alkyl halides is 12. The number of rotatable bonds is 4. The molecule has 1 rings (SSSR count). The summed E-state index contributed by atoms with van der Waals surface area (Å²) < 4.78 is 152. The lowest BCUT2D eigenvalue weighted by Crippen LogP contribution is -2.55. The first-order valence-electron chi connectivity index (χ1n) is 9.10. The van der Waals surface area contributed by atoms with E-state index in [1.54, 1.807) is 0 Å². The van der Waals surface area contributed by atoms with Crippen molar-refractivity contribution in [3.05, 3.63) is 59.7 Å². The number of halogens is 12. The van der Waals surface area contributed by atoms with Gasteiger partial charge in [0.05, 0.1) is 0 Å². The van der Waals surface area contributed by atoms with Gasteiger partial charge in [0.15, 0.2) is 0 Å². The standard InChI is InChI=1S/C12H6F12O2.2C4H6O2/c13-9(14,15)7(25,10(16,17)18)5-2-1-3-6(4-5)8(26,11(19,20)21)12(22,23)24;2*1-3(2)4(5)6/h1-4,25-26H;2*1H2,2H3,(H,5,6). The van der Waals surface area contributed by atoms with Gasteiger partial charge in [-0.1, -0.05) is 31.4 Å². The van der Waals surface area contributed by atoms with Crippen molar-refractivity contribution >= 4 is 11.9 Å². The Morgan fingerprint density at radius 2 is 0.789 bits per heavy atom. The van der Waals surface area contributed by atoms with Gasteiger partial charge < -0.3 is 20.4 Å². The number of aliphatic hydroxyl groups is 2. The van der Waals surface area contributed by atoms with Crippen LogP contribution in [0.25, 0.3) is 0 Å². The van der Waals surface area contributed by atoms with Crippen molar-refractivity contribution in [2.24, 2.45) is 0 Å². The van der Waals surface area contributed by atoms with Crippen LogP contribution >= 0.6 is 0 Å². The summed E-state index contributed by atoms with van der Waals surface area (Å²) in [6.07, 6.45) is -26.2. The molecule has 0 unspecified atom stereocenters. The van der Waals surface area contributed by atoms with Gasteiger partial charge in [-0.25, -0.2) is 9.59 Å². The average molecular weight is 582 g/mol. The fourth-order valence-electron chi connectivity index (χ4n) is 1.95. The minimum atomic E-state index is -6.54. The Morgan fingerprint density at radius 1 is 0.605 bits per heavy atom. The first-order chi connectivity index (χ1) is 16.5. The fourth-order valence-corrected chi connectivity index (χ4v) is 1.95. The molecule has 0 atom stereocenters. The SMILES string of the molecule is C=C(C)C(=O)O.C=C(C)C(=O)O.OC(c1cccc(C(O)(C(F)(F)F)C(F)(F)F)c1)(C(F)(F)F)C(F)(F)F. The molecule has 1 aromatic carbocycles. The van der Waals surface area contributed by atoms with E-state index in [0.29, 0.717) is 0 Å². The van der Waals surface area contributed by atoms with Crippen LogP contribution in [0.1, 0.15) is 25.0 Å². The third-order valence-electron chi connectivity index (χ3n) is 4.07. The number of carboxylic acids is 2. The molecule has 6 nitrogen and oxygen atoms in total. The Morgan fingerprint density at radius 3 is 0.921 bits per heavy atom. The lowest BCUT2D eigenvalue weighted by atomic mass is 9.85. The first-order valence-corrected chi connectivity index (χ1v) is 9.10. The zero-order chi connectivity index (χ0) is 31.3. The molecule has 0 spiro atoms. The number of carbonyl (C=O) groups is 2. The van der Waals surface area contributed by atoms with Gasteiger partial charge in [0, 0.05) is 22.3 Å². The summed E-state index contributed by atoms with van der Waals surface area (Å²) in [7, 11) is 0. The lowest BCUT2D eigenvalue weighted by molar-refractivity contribution is -0.378. The van der Waals surface area contributed by atoms with E-state index in [1.165, 1.54) is 13.8 Å². The largest absolute Gasteiger partial charge is 0.478 e. The van der Waals surface area contributed by atoms with Gasteiger partial charge in [0.2, 0.25) is 0 Å². The van der Waals surface area contributed by atoms with Gasteiger partial charge in [0.1, 0.15) is 0 Å². The third kappa shape index (κ3) is 8.37. The van der Waals surface area contributed by atoms with Crippen molar-refractivity contribution in [3.63, 3.8) is 0 Å². The molecule has 0 aliphatic heterocycles. The van der Waals surface area contributed by atoms with Crippen molar-refractivity contribution in [3.8, 4) is 0 Å². The molecule has 0 aliphatic carbocycles. The van der Waals surface area contributed by atoms with Crippen LogP contribution in [-0.4, -0.2) is 57.1 Å². The highest BCUT2D eigenvalue weighted by molar-refractivity contribution is 5.85. The fraction of sp³-hybridized carbons (Fsp3) is 0.400. The summed E-state index contributed by atoms with van der Waals surface area (Å²) in [5.41, 5.74) is -16.0. The molecule has 38 heavy (non-hydrogen) atoms. The molecule has 0 aromatic heterocycles. The molecule has 1 aromatic rings. The molecule has 18 heteroatoms. The highest BCUT2D eigenvalue weighted by atomic mass is 19.4. The molecule has 4 N–H and O–H groups in total. The topological polar surface area (TPSA) is 115 Å². The van der Waals surface area contributed by atoms with Crippen molar-refractivity contribution in [2.45, 2.75) is 49.8 Å². The second-order valence-electron chi connectivity index (χ2n) is 7.16. The van der Waals surface area contributed by atoms with Crippen LogP contribution in [0.2, 0.25) is 0 Å². The number of carboxylic acid groups (broad SMARTS) is 2. The molecule has 218 valence electrons. The summed E-state index contributed by atoms with van der Waals surface area (Å²) in [6, 6.07) is -1.26. The summed E-state index contributed by atoms with van der Waals surface area (Å²) in [5.74, 6) is -1.87. The maximum atomic E-state index is 12.7. The van der Waals surface area contributed by atoms with E-state index in [1.807, 2.05) is 0 Å². The van der Waals surface area contributed by atoms with Gasteiger partial charge in [-0.3, -0.25) is 0 Å². The summed E-state index contributed by atoms with van der Waals surface area (Å²) in [4.78, 5) is 19.2. The molecule has 0 heterocycles. The average Bonchev–Trinajstić information content (AvgIpc) is 2.70. The summed E-state index contributed by atoms with van der Waals surface area (Å²) in [5, 5.41) is 33.9. The van der Waals surface area contributed by atoms with Gasteiger partial charge in [0.25, 0.3) is 11.2 Å². The van der Waals surface area contributed by atoms with E-state index in [4.69, 9.17) is 20.4 Å². The Balaban J connectivity index is 0. The quantitative estimate of drug-likeness (QED) is 0.271. The lowest BCUT2D eigenvalue weighted by Gasteiger charge is -2.35. The Kier molecular flexibility index (Phi) is 11.7. The smallest absolute Gasteiger partial charge is 0.430 e. The molecule has 0 saturated heterocycles. The predicted octanol–water partition coefficient (Wildman–Crippen LogP) is 5.61. The van der Waals surface area contributed by atoms with E-state index < -0.39 is 65.0 Å². The van der Waals surface area contributed by atoms with Gasteiger partial charge in [-0.05, 0) is 19.9 Å². The minimum Gasteiger partial charge on any atom is -0.478 e. The molecule has 0 aliphatic rings. The number of hydrogen-bond acceptors (Lipinski definition) is 4. The van der Waals surface area contributed by atoms with Crippen LogP contribution < -0.4 is 0 Å². The van der Waals surface area contributed by atoms with Gasteiger partial charge >= 0.3 is 36.6 Å².